The third-order valence-corrected chi connectivity index (χ3v) is 3.12. The first-order valence-electron chi connectivity index (χ1n) is 5.26. The SMILES string of the molecule is CN1CCN(CC(N)CO)CC1(C)C. The Morgan fingerprint density at radius 2 is 2.07 bits per heavy atom. The average Bonchev–Trinajstić information content (AvgIpc) is 2.11. The number of likely N-dealkylation sites (N-methyl/N-ethyl adjacent to an activating group) is 1. The molecule has 0 aliphatic carbocycles. The Bertz CT molecular complexity index is 184. The van der Waals surface area contributed by atoms with Gasteiger partial charge in [0.25, 0.3) is 0 Å². The molecule has 0 saturated carbocycles. The zero-order valence-electron chi connectivity index (χ0n) is 9.53. The van der Waals surface area contributed by atoms with Crippen molar-refractivity contribution >= 4 is 0 Å². The van der Waals surface area contributed by atoms with Gasteiger partial charge in [0.05, 0.1) is 6.61 Å². The molecule has 1 saturated heterocycles. The molecule has 4 nitrogen and oxygen atoms in total. The zero-order valence-corrected chi connectivity index (χ0v) is 9.53. The minimum Gasteiger partial charge on any atom is -0.395 e. The Balaban J connectivity index is 2.43. The molecule has 0 aromatic carbocycles. The van der Waals surface area contributed by atoms with Gasteiger partial charge >= 0.3 is 0 Å². The Morgan fingerprint density at radius 3 is 2.57 bits per heavy atom. The lowest BCUT2D eigenvalue weighted by Gasteiger charge is -2.45. The molecule has 84 valence electrons. The molecule has 1 unspecified atom stereocenters. The van der Waals surface area contributed by atoms with E-state index in [9.17, 15) is 0 Å². The molecule has 0 aromatic rings. The Labute approximate surface area is 86.7 Å². The fraction of sp³-hybridized carbons (Fsp3) is 1.00. The third kappa shape index (κ3) is 2.92. The highest BCUT2D eigenvalue weighted by atomic mass is 16.3. The lowest BCUT2D eigenvalue weighted by molar-refractivity contribution is 0.0340. The topological polar surface area (TPSA) is 52.7 Å². The first-order chi connectivity index (χ1) is 6.45. The highest BCUT2D eigenvalue weighted by Crippen LogP contribution is 2.18. The van der Waals surface area contributed by atoms with Gasteiger partial charge in [-0.05, 0) is 20.9 Å². The van der Waals surface area contributed by atoms with Crippen LogP contribution in [0.25, 0.3) is 0 Å². The van der Waals surface area contributed by atoms with Gasteiger partial charge in [-0.25, -0.2) is 0 Å². The van der Waals surface area contributed by atoms with Gasteiger partial charge in [-0.1, -0.05) is 0 Å². The highest BCUT2D eigenvalue weighted by Gasteiger charge is 2.31. The van der Waals surface area contributed by atoms with Gasteiger partial charge < -0.3 is 10.8 Å². The van der Waals surface area contributed by atoms with E-state index in [0.717, 1.165) is 26.2 Å². The molecule has 1 heterocycles. The molecule has 1 aliphatic rings. The third-order valence-electron chi connectivity index (χ3n) is 3.12. The molecule has 3 N–H and O–H groups in total. The van der Waals surface area contributed by atoms with Gasteiger partial charge in [-0.3, -0.25) is 9.80 Å². The Morgan fingerprint density at radius 1 is 1.43 bits per heavy atom. The number of rotatable bonds is 3. The van der Waals surface area contributed by atoms with Crippen molar-refractivity contribution in [1.29, 1.82) is 0 Å². The lowest BCUT2D eigenvalue weighted by atomic mass is 9.99. The summed E-state index contributed by atoms with van der Waals surface area (Å²) in [5.74, 6) is 0. The molecule has 0 aromatic heterocycles. The number of hydrogen-bond acceptors (Lipinski definition) is 4. The van der Waals surface area contributed by atoms with Crippen molar-refractivity contribution in [1.82, 2.24) is 9.80 Å². The van der Waals surface area contributed by atoms with E-state index in [-0.39, 0.29) is 18.2 Å². The molecule has 0 bridgehead atoms. The maximum Gasteiger partial charge on any atom is 0.0595 e. The van der Waals surface area contributed by atoms with Gasteiger partial charge in [0.1, 0.15) is 0 Å². The molecule has 1 rings (SSSR count). The Hall–Kier alpha value is -0.160. The van der Waals surface area contributed by atoms with Crippen molar-refractivity contribution in [2.75, 3.05) is 39.8 Å². The van der Waals surface area contributed by atoms with E-state index in [4.69, 9.17) is 10.8 Å². The summed E-state index contributed by atoms with van der Waals surface area (Å²) in [6.07, 6.45) is 0. The van der Waals surface area contributed by atoms with Crippen molar-refractivity contribution in [3.63, 3.8) is 0 Å². The minimum atomic E-state index is -0.103. The summed E-state index contributed by atoms with van der Waals surface area (Å²) >= 11 is 0. The van der Waals surface area contributed by atoms with Crippen LogP contribution in [0.2, 0.25) is 0 Å². The monoisotopic (exact) mass is 201 g/mol. The number of nitrogens with zero attached hydrogens (tertiary/aromatic N) is 2. The first kappa shape index (κ1) is 11.9. The lowest BCUT2D eigenvalue weighted by Crippen LogP contribution is -2.59. The molecule has 0 amide bonds. The van der Waals surface area contributed by atoms with Crippen LogP contribution in [0.5, 0.6) is 0 Å². The largest absolute Gasteiger partial charge is 0.395 e. The van der Waals surface area contributed by atoms with E-state index >= 15 is 0 Å². The number of nitrogens with two attached hydrogens (primary N) is 1. The molecule has 0 radical (unpaired) electrons. The summed E-state index contributed by atoms with van der Waals surface area (Å²) in [7, 11) is 2.16. The van der Waals surface area contributed by atoms with E-state index in [1.807, 2.05) is 0 Å². The molecular formula is C10H23N3O. The minimum absolute atomic E-state index is 0.0762. The van der Waals surface area contributed by atoms with Crippen LogP contribution in [0.15, 0.2) is 0 Å². The van der Waals surface area contributed by atoms with Gasteiger partial charge in [0.2, 0.25) is 0 Å². The molecule has 14 heavy (non-hydrogen) atoms. The quantitative estimate of drug-likeness (QED) is 0.636. The second-order valence-electron chi connectivity index (χ2n) is 4.91. The number of aliphatic hydroxyl groups excluding tert-OH is 1. The van der Waals surface area contributed by atoms with Crippen molar-refractivity contribution < 1.29 is 5.11 Å². The normalized spacial score (nSPS) is 26.4. The molecule has 0 spiro atoms. The van der Waals surface area contributed by atoms with Crippen LogP contribution in [0, 0.1) is 0 Å². The van der Waals surface area contributed by atoms with E-state index in [0.29, 0.717) is 0 Å². The van der Waals surface area contributed by atoms with Crippen LogP contribution < -0.4 is 5.73 Å². The van der Waals surface area contributed by atoms with Crippen molar-refractivity contribution in [2.45, 2.75) is 25.4 Å². The first-order valence-corrected chi connectivity index (χ1v) is 5.26. The summed E-state index contributed by atoms with van der Waals surface area (Å²) in [6.45, 7) is 8.50. The molecule has 1 aliphatic heterocycles. The van der Waals surface area contributed by atoms with Crippen LogP contribution in [0.3, 0.4) is 0 Å². The smallest absolute Gasteiger partial charge is 0.0595 e. The summed E-state index contributed by atoms with van der Waals surface area (Å²) in [6, 6.07) is -0.103. The summed E-state index contributed by atoms with van der Waals surface area (Å²) in [5, 5.41) is 8.89. The van der Waals surface area contributed by atoms with Crippen LogP contribution >= 0.6 is 0 Å². The van der Waals surface area contributed by atoms with Gasteiger partial charge in [-0.15, -0.1) is 0 Å². The van der Waals surface area contributed by atoms with Crippen molar-refractivity contribution in [3.05, 3.63) is 0 Å². The maximum atomic E-state index is 8.89. The second-order valence-corrected chi connectivity index (χ2v) is 4.91. The van der Waals surface area contributed by atoms with Crippen LogP contribution in [0.1, 0.15) is 13.8 Å². The van der Waals surface area contributed by atoms with E-state index in [2.05, 4.69) is 30.7 Å². The van der Waals surface area contributed by atoms with Crippen LogP contribution in [0.4, 0.5) is 0 Å². The second kappa shape index (κ2) is 4.57. The molecule has 4 heteroatoms. The van der Waals surface area contributed by atoms with Crippen LogP contribution in [-0.4, -0.2) is 66.3 Å². The van der Waals surface area contributed by atoms with Gasteiger partial charge in [0, 0.05) is 37.8 Å². The standard InChI is InChI=1S/C10H23N3O/c1-10(2)8-13(5-4-12(10)3)6-9(11)7-14/h9,14H,4-8,11H2,1-3H3. The summed E-state index contributed by atoms with van der Waals surface area (Å²) in [4.78, 5) is 4.70. The van der Waals surface area contributed by atoms with E-state index in [1.165, 1.54) is 0 Å². The fourth-order valence-corrected chi connectivity index (χ4v) is 1.89. The van der Waals surface area contributed by atoms with Crippen molar-refractivity contribution in [2.24, 2.45) is 5.73 Å². The fourth-order valence-electron chi connectivity index (χ4n) is 1.89. The molecule has 1 fully saturated rings. The van der Waals surface area contributed by atoms with Crippen molar-refractivity contribution in [3.8, 4) is 0 Å². The number of piperazine rings is 1. The predicted octanol–water partition coefficient (Wildman–Crippen LogP) is -0.668. The Kier molecular flexibility index (Phi) is 3.89. The summed E-state index contributed by atoms with van der Waals surface area (Å²) < 4.78 is 0. The maximum absolute atomic E-state index is 8.89. The van der Waals surface area contributed by atoms with Gasteiger partial charge in [0.15, 0.2) is 0 Å². The average molecular weight is 201 g/mol. The predicted molar refractivity (Wildman–Crippen MR) is 58.2 cm³/mol. The number of hydrogen-bond donors (Lipinski definition) is 2. The van der Waals surface area contributed by atoms with Crippen LogP contribution in [-0.2, 0) is 0 Å². The molecular weight excluding hydrogens is 178 g/mol. The van der Waals surface area contributed by atoms with E-state index < -0.39 is 0 Å². The van der Waals surface area contributed by atoms with Gasteiger partial charge in [-0.2, -0.15) is 0 Å². The summed E-state index contributed by atoms with van der Waals surface area (Å²) in [5.41, 5.74) is 5.94. The molecule has 1 atom stereocenters. The highest BCUT2D eigenvalue weighted by molar-refractivity contribution is 4.89. The number of aliphatic hydroxyl groups is 1. The van der Waals surface area contributed by atoms with E-state index in [1.54, 1.807) is 0 Å². The zero-order chi connectivity index (χ0) is 10.8.